The van der Waals surface area contributed by atoms with Gasteiger partial charge in [-0.25, -0.2) is 12.7 Å². The summed E-state index contributed by atoms with van der Waals surface area (Å²) >= 11 is 0. The molecule has 0 fully saturated rings. The lowest BCUT2D eigenvalue weighted by atomic mass is 10.2. The Kier molecular flexibility index (Phi) is 2.47. The highest BCUT2D eigenvalue weighted by Gasteiger charge is 2.40. The molecule has 1 aromatic rings. The first kappa shape index (κ1) is 11.1. The number of hydrogen-bond acceptors (Lipinski definition) is 4. The average molecular weight is 240 g/mol. The molecule has 1 aromatic carbocycles. The van der Waals surface area contributed by atoms with E-state index in [1.807, 2.05) is 0 Å². The molecule has 0 spiro atoms. The Labute approximate surface area is 93.9 Å². The predicted octanol–water partition coefficient (Wildman–Crippen LogP) is 0.178. The van der Waals surface area contributed by atoms with Crippen LogP contribution in [0.3, 0.4) is 0 Å². The fourth-order valence-electron chi connectivity index (χ4n) is 1.67. The third-order valence-corrected chi connectivity index (χ3v) is 4.17. The van der Waals surface area contributed by atoms with E-state index < -0.39 is 15.9 Å². The number of benzene rings is 1. The number of sulfonamides is 1. The topological polar surface area (TPSA) is 80.5 Å². The number of nitrogens with two attached hydrogens (primary N) is 1. The van der Waals surface area contributed by atoms with Crippen molar-refractivity contribution < 1.29 is 13.2 Å². The minimum absolute atomic E-state index is 0.00977. The van der Waals surface area contributed by atoms with Gasteiger partial charge < -0.3 is 5.73 Å². The van der Waals surface area contributed by atoms with Crippen LogP contribution in [0.4, 0.5) is 0 Å². The molecule has 0 saturated carbocycles. The van der Waals surface area contributed by atoms with Crippen LogP contribution in [0.15, 0.2) is 29.2 Å². The summed E-state index contributed by atoms with van der Waals surface area (Å²) < 4.78 is 24.8. The molecule has 0 saturated heterocycles. The number of hydrogen-bond donors (Lipinski definition) is 1. The first-order chi connectivity index (χ1) is 7.44. The van der Waals surface area contributed by atoms with Gasteiger partial charge in [0.25, 0.3) is 15.9 Å². The maximum Gasteiger partial charge on any atom is 0.269 e. The highest BCUT2D eigenvalue weighted by Crippen LogP contribution is 2.29. The van der Waals surface area contributed by atoms with Gasteiger partial charge in [-0.3, -0.25) is 4.79 Å². The maximum absolute atomic E-state index is 12.0. The summed E-state index contributed by atoms with van der Waals surface area (Å²) in [7, 11) is -3.69. The molecule has 86 valence electrons. The van der Waals surface area contributed by atoms with Crippen LogP contribution in [0.25, 0.3) is 0 Å². The van der Waals surface area contributed by atoms with Gasteiger partial charge in [0, 0.05) is 6.04 Å². The fourth-order valence-corrected chi connectivity index (χ4v) is 3.34. The minimum atomic E-state index is -3.69. The third kappa shape index (κ3) is 1.50. The van der Waals surface area contributed by atoms with Crippen molar-refractivity contribution >= 4 is 15.9 Å². The Hall–Kier alpha value is -1.40. The highest BCUT2D eigenvalue weighted by atomic mass is 32.2. The van der Waals surface area contributed by atoms with Crippen molar-refractivity contribution in [3.05, 3.63) is 29.8 Å². The molecule has 6 heteroatoms. The van der Waals surface area contributed by atoms with Crippen molar-refractivity contribution in [2.45, 2.75) is 17.9 Å². The Balaban J connectivity index is 2.54. The van der Waals surface area contributed by atoms with E-state index in [4.69, 9.17) is 5.73 Å². The Bertz CT molecular complexity index is 537. The van der Waals surface area contributed by atoms with Crippen LogP contribution in [0.1, 0.15) is 17.3 Å². The van der Waals surface area contributed by atoms with E-state index in [0.29, 0.717) is 0 Å². The van der Waals surface area contributed by atoms with E-state index in [-0.39, 0.29) is 23.0 Å². The van der Waals surface area contributed by atoms with Gasteiger partial charge in [0.1, 0.15) is 4.90 Å². The van der Waals surface area contributed by atoms with Gasteiger partial charge in [-0.05, 0) is 19.1 Å². The van der Waals surface area contributed by atoms with Crippen LogP contribution in [0.2, 0.25) is 0 Å². The molecule has 0 bridgehead atoms. The van der Waals surface area contributed by atoms with Gasteiger partial charge in [-0.1, -0.05) is 12.1 Å². The van der Waals surface area contributed by atoms with Crippen LogP contribution in [-0.2, 0) is 10.0 Å². The summed E-state index contributed by atoms with van der Waals surface area (Å²) in [6.07, 6.45) is 0. The molecule has 2 N–H and O–H groups in total. The van der Waals surface area contributed by atoms with Crippen LogP contribution < -0.4 is 5.73 Å². The monoisotopic (exact) mass is 240 g/mol. The van der Waals surface area contributed by atoms with Crippen LogP contribution >= 0.6 is 0 Å². The largest absolute Gasteiger partial charge is 0.326 e. The molecule has 1 aliphatic rings. The van der Waals surface area contributed by atoms with E-state index in [2.05, 4.69) is 0 Å². The van der Waals surface area contributed by atoms with Crippen molar-refractivity contribution in [1.29, 1.82) is 0 Å². The number of nitrogens with zero attached hydrogens (tertiary/aromatic N) is 1. The van der Waals surface area contributed by atoms with Crippen molar-refractivity contribution in [3.8, 4) is 0 Å². The number of fused-ring (bicyclic) bond motifs is 1. The van der Waals surface area contributed by atoms with E-state index >= 15 is 0 Å². The van der Waals surface area contributed by atoms with E-state index in [1.165, 1.54) is 12.1 Å². The van der Waals surface area contributed by atoms with E-state index in [0.717, 1.165) is 4.31 Å². The summed E-state index contributed by atoms with van der Waals surface area (Å²) in [5.74, 6) is -0.493. The van der Waals surface area contributed by atoms with E-state index in [1.54, 1.807) is 19.1 Å². The molecular formula is C10H12N2O3S. The standard InChI is InChI=1S/C10H12N2O3S/c1-7(11)6-12-10(13)8-4-2-3-5-9(8)16(12,14)15/h2-5,7H,6,11H2,1H3/t7-/m1/s1. The lowest BCUT2D eigenvalue weighted by molar-refractivity contribution is 0.0867. The maximum atomic E-state index is 12.0. The molecule has 0 aliphatic carbocycles. The van der Waals surface area contributed by atoms with Gasteiger partial charge >= 0.3 is 0 Å². The third-order valence-electron chi connectivity index (χ3n) is 2.37. The molecule has 16 heavy (non-hydrogen) atoms. The van der Waals surface area contributed by atoms with Gasteiger partial charge in [-0.15, -0.1) is 0 Å². The van der Waals surface area contributed by atoms with Crippen LogP contribution in [0, 0.1) is 0 Å². The van der Waals surface area contributed by atoms with Gasteiger partial charge in [0.2, 0.25) is 0 Å². The molecule has 5 nitrogen and oxygen atoms in total. The molecule has 0 aromatic heterocycles. The zero-order valence-electron chi connectivity index (χ0n) is 8.75. The van der Waals surface area contributed by atoms with Gasteiger partial charge in [0.15, 0.2) is 0 Å². The van der Waals surface area contributed by atoms with Crippen LogP contribution in [-0.4, -0.2) is 31.2 Å². The predicted molar refractivity (Wildman–Crippen MR) is 58.3 cm³/mol. The summed E-state index contributed by atoms with van der Waals surface area (Å²) in [5.41, 5.74) is 5.76. The molecular weight excluding hydrogens is 228 g/mol. The lowest BCUT2D eigenvalue weighted by Crippen LogP contribution is -2.39. The molecule has 0 unspecified atom stereocenters. The summed E-state index contributed by atoms with van der Waals surface area (Å²) in [5, 5.41) is 0. The van der Waals surface area contributed by atoms with Crippen molar-refractivity contribution in [2.75, 3.05) is 6.54 Å². The van der Waals surface area contributed by atoms with Crippen LogP contribution in [0.5, 0.6) is 0 Å². The van der Waals surface area contributed by atoms with Gasteiger partial charge in [0.05, 0.1) is 12.1 Å². The second kappa shape index (κ2) is 3.57. The van der Waals surface area contributed by atoms with Gasteiger partial charge in [-0.2, -0.15) is 0 Å². The van der Waals surface area contributed by atoms with E-state index in [9.17, 15) is 13.2 Å². The smallest absolute Gasteiger partial charge is 0.269 e. The second-order valence-corrected chi connectivity index (χ2v) is 5.65. The lowest BCUT2D eigenvalue weighted by Gasteiger charge is -2.16. The Morgan fingerprint density at radius 3 is 2.56 bits per heavy atom. The molecule has 0 radical (unpaired) electrons. The number of rotatable bonds is 2. The summed E-state index contributed by atoms with van der Waals surface area (Å²) in [6, 6.07) is 5.80. The normalized spacial score (nSPS) is 19.6. The first-order valence-electron chi connectivity index (χ1n) is 4.86. The number of carbonyl (C=O) groups excluding carboxylic acids is 1. The second-order valence-electron chi connectivity index (χ2n) is 3.81. The van der Waals surface area contributed by atoms with Crippen molar-refractivity contribution in [2.24, 2.45) is 5.73 Å². The molecule has 2 rings (SSSR count). The molecule has 1 heterocycles. The Morgan fingerprint density at radius 1 is 1.38 bits per heavy atom. The quantitative estimate of drug-likeness (QED) is 0.799. The minimum Gasteiger partial charge on any atom is -0.326 e. The average Bonchev–Trinajstić information content (AvgIpc) is 2.41. The highest BCUT2D eigenvalue weighted by molar-refractivity contribution is 7.90. The van der Waals surface area contributed by atoms with Crippen molar-refractivity contribution in [3.63, 3.8) is 0 Å². The zero-order chi connectivity index (χ0) is 11.9. The Morgan fingerprint density at radius 2 is 2.00 bits per heavy atom. The zero-order valence-corrected chi connectivity index (χ0v) is 9.57. The summed E-state index contributed by atoms with van der Waals surface area (Å²) in [6.45, 7) is 1.67. The molecule has 1 amide bonds. The number of amides is 1. The number of carbonyl (C=O) groups is 1. The van der Waals surface area contributed by atoms with Crippen molar-refractivity contribution in [1.82, 2.24) is 4.31 Å². The molecule has 1 aliphatic heterocycles. The summed E-state index contributed by atoms with van der Waals surface area (Å²) in [4.78, 5) is 11.9. The SMILES string of the molecule is C[C@@H](N)CN1C(=O)c2ccccc2S1(=O)=O. The fraction of sp³-hybridized carbons (Fsp3) is 0.300. The molecule has 1 atom stereocenters. The first-order valence-corrected chi connectivity index (χ1v) is 6.30.